The van der Waals surface area contributed by atoms with Gasteiger partial charge in [-0.05, 0) is 37.4 Å². The van der Waals surface area contributed by atoms with Crippen LogP contribution in [0.5, 0.6) is 0 Å². The van der Waals surface area contributed by atoms with Crippen LogP contribution in [-0.2, 0) is 13.5 Å². The van der Waals surface area contributed by atoms with E-state index in [2.05, 4.69) is 55.1 Å². The van der Waals surface area contributed by atoms with E-state index in [4.69, 9.17) is 0 Å². The van der Waals surface area contributed by atoms with Gasteiger partial charge in [-0.15, -0.1) is 0 Å². The first-order valence-electron chi connectivity index (χ1n) is 7.21. The first-order valence-corrected chi connectivity index (χ1v) is 7.21. The lowest BCUT2D eigenvalue weighted by Gasteiger charge is -2.14. The molecule has 100 valence electrons. The maximum atomic E-state index is 3.40. The van der Waals surface area contributed by atoms with Gasteiger partial charge < -0.3 is 9.88 Å². The van der Waals surface area contributed by atoms with Crippen LogP contribution >= 0.6 is 0 Å². The summed E-state index contributed by atoms with van der Waals surface area (Å²) in [6.07, 6.45) is 4.58. The summed E-state index contributed by atoms with van der Waals surface area (Å²) in [4.78, 5) is 0. The van der Waals surface area contributed by atoms with Gasteiger partial charge in [0.25, 0.3) is 0 Å². The molecule has 0 saturated heterocycles. The molecule has 0 amide bonds. The number of para-hydroxylation sites is 1. The normalized spacial score (nSPS) is 15.8. The van der Waals surface area contributed by atoms with Crippen molar-refractivity contribution in [3.8, 4) is 0 Å². The molecule has 0 bridgehead atoms. The molecule has 0 saturated carbocycles. The highest BCUT2D eigenvalue weighted by Gasteiger charge is 2.17. The van der Waals surface area contributed by atoms with Gasteiger partial charge >= 0.3 is 0 Å². The van der Waals surface area contributed by atoms with Crippen molar-refractivity contribution < 1.29 is 0 Å². The summed E-state index contributed by atoms with van der Waals surface area (Å²) < 4.78 is 2.37. The third-order valence-electron chi connectivity index (χ3n) is 4.36. The number of hydrogen-bond donors (Lipinski definition) is 1. The SMILES string of the molecule is CCc1cccc2c(C3=CCNCC3)c(C)n(C)c12. The molecule has 2 heteroatoms. The molecule has 1 N–H and O–H groups in total. The summed E-state index contributed by atoms with van der Waals surface area (Å²) in [6, 6.07) is 6.73. The molecular weight excluding hydrogens is 232 g/mol. The van der Waals surface area contributed by atoms with Crippen molar-refractivity contribution in [1.82, 2.24) is 9.88 Å². The smallest absolute Gasteiger partial charge is 0.0518 e. The maximum Gasteiger partial charge on any atom is 0.0518 e. The Hall–Kier alpha value is -1.54. The second kappa shape index (κ2) is 4.86. The highest BCUT2D eigenvalue weighted by molar-refractivity contribution is 5.96. The van der Waals surface area contributed by atoms with Gasteiger partial charge in [-0.1, -0.05) is 31.2 Å². The van der Waals surface area contributed by atoms with E-state index < -0.39 is 0 Å². The van der Waals surface area contributed by atoms with E-state index in [9.17, 15) is 0 Å². The van der Waals surface area contributed by atoms with Gasteiger partial charge in [0.2, 0.25) is 0 Å². The molecule has 1 aliphatic heterocycles. The van der Waals surface area contributed by atoms with Gasteiger partial charge in [0.15, 0.2) is 0 Å². The second-order valence-electron chi connectivity index (χ2n) is 5.37. The number of fused-ring (bicyclic) bond motifs is 1. The topological polar surface area (TPSA) is 17.0 Å². The Morgan fingerprint density at radius 1 is 1.32 bits per heavy atom. The van der Waals surface area contributed by atoms with Crippen LogP contribution in [0.2, 0.25) is 0 Å². The molecule has 2 aromatic rings. The van der Waals surface area contributed by atoms with Crippen molar-refractivity contribution in [2.45, 2.75) is 26.7 Å². The largest absolute Gasteiger partial charge is 0.347 e. The lowest BCUT2D eigenvalue weighted by Crippen LogP contribution is -2.20. The monoisotopic (exact) mass is 254 g/mol. The molecule has 0 atom stereocenters. The van der Waals surface area contributed by atoms with Gasteiger partial charge in [-0.2, -0.15) is 0 Å². The Bertz CT molecular complexity index is 647. The van der Waals surface area contributed by atoms with Crippen molar-refractivity contribution >= 4 is 16.5 Å². The molecule has 3 rings (SSSR count). The zero-order valence-electron chi connectivity index (χ0n) is 12.1. The number of hydrogen-bond acceptors (Lipinski definition) is 1. The molecular formula is C17H22N2. The minimum atomic E-state index is 0.999. The first kappa shape index (κ1) is 12.5. The van der Waals surface area contributed by atoms with Gasteiger partial charge in [0.1, 0.15) is 0 Å². The standard InChI is InChI=1S/C17H22N2/c1-4-13-6-5-7-15-16(12(2)19(3)17(13)15)14-8-10-18-11-9-14/h5-8,18H,4,9-11H2,1-3H3. The summed E-state index contributed by atoms with van der Waals surface area (Å²) >= 11 is 0. The number of aromatic nitrogens is 1. The van der Waals surface area contributed by atoms with E-state index in [1.165, 1.54) is 33.3 Å². The minimum Gasteiger partial charge on any atom is -0.347 e. The van der Waals surface area contributed by atoms with Crippen molar-refractivity contribution in [1.29, 1.82) is 0 Å². The van der Waals surface area contributed by atoms with Gasteiger partial charge in [0.05, 0.1) is 5.52 Å². The van der Waals surface area contributed by atoms with Crippen molar-refractivity contribution in [3.05, 3.63) is 41.1 Å². The molecule has 2 nitrogen and oxygen atoms in total. The van der Waals surface area contributed by atoms with Gasteiger partial charge in [-0.3, -0.25) is 0 Å². The molecule has 19 heavy (non-hydrogen) atoms. The summed E-state index contributed by atoms with van der Waals surface area (Å²) in [7, 11) is 2.20. The van der Waals surface area contributed by atoms with Gasteiger partial charge in [-0.25, -0.2) is 0 Å². The van der Waals surface area contributed by atoms with Crippen LogP contribution in [0.3, 0.4) is 0 Å². The third kappa shape index (κ3) is 1.91. The zero-order valence-corrected chi connectivity index (χ0v) is 12.1. The highest BCUT2D eigenvalue weighted by Crippen LogP contribution is 2.34. The second-order valence-corrected chi connectivity index (χ2v) is 5.37. The fourth-order valence-corrected chi connectivity index (χ4v) is 3.26. The summed E-state index contributed by atoms with van der Waals surface area (Å²) in [6.45, 7) is 6.58. The molecule has 1 aromatic carbocycles. The summed E-state index contributed by atoms with van der Waals surface area (Å²) in [5.41, 5.74) is 7.23. The van der Waals surface area contributed by atoms with Crippen LogP contribution < -0.4 is 5.32 Å². The van der Waals surface area contributed by atoms with Crippen LogP contribution in [0.15, 0.2) is 24.3 Å². The van der Waals surface area contributed by atoms with E-state index in [0.29, 0.717) is 0 Å². The Balaban J connectivity index is 2.30. The number of rotatable bonds is 2. The minimum absolute atomic E-state index is 0.999. The number of aryl methyl sites for hydroxylation is 2. The van der Waals surface area contributed by atoms with Crippen molar-refractivity contribution in [2.75, 3.05) is 13.1 Å². The van der Waals surface area contributed by atoms with Crippen LogP contribution in [0.1, 0.15) is 30.2 Å². The van der Waals surface area contributed by atoms with Crippen LogP contribution in [0.4, 0.5) is 0 Å². The lowest BCUT2D eigenvalue weighted by molar-refractivity contribution is 0.738. The van der Waals surface area contributed by atoms with E-state index in [-0.39, 0.29) is 0 Å². The van der Waals surface area contributed by atoms with E-state index in [0.717, 1.165) is 25.9 Å². The fraction of sp³-hybridized carbons (Fsp3) is 0.412. The molecule has 0 unspecified atom stereocenters. The summed E-state index contributed by atoms with van der Waals surface area (Å²) in [5.74, 6) is 0. The molecule has 0 fully saturated rings. The molecule has 0 aliphatic carbocycles. The molecule has 0 spiro atoms. The van der Waals surface area contributed by atoms with E-state index >= 15 is 0 Å². The predicted molar refractivity (Wildman–Crippen MR) is 82.5 cm³/mol. The van der Waals surface area contributed by atoms with Gasteiger partial charge in [0, 0.05) is 30.2 Å². The molecule has 1 aromatic heterocycles. The van der Waals surface area contributed by atoms with E-state index in [1.54, 1.807) is 0 Å². The van der Waals surface area contributed by atoms with Crippen LogP contribution in [-0.4, -0.2) is 17.7 Å². The van der Waals surface area contributed by atoms with Crippen LogP contribution in [0.25, 0.3) is 16.5 Å². The third-order valence-corrected chi connectivity index (χ3v) is 4.36. The number of benzene rings is 1. The maximum absolute atomic E-state index is 3.40. The Morgan fingerprint density at radius 3 is 2.84 bits per heavy atom. The quantitative estimate of drug-likeness (QED) is 0.869. The van der Waals surface area contributed by atoms with Crippen molar-refractivity contribution in [3.63, 3.8) is 0 Å². The molecule has 0 radical (unpaired) electrons. The molecule has 2 heterocycles. The first-order chi connectivity index (χ1) is 9.24. The summed E-state index contributed by atoms with van der Waals surface area (Å²) in [5, 5.41) is 4.82. The average Bonchev–Trinajstić information content (AvgIpc) is 2.72. The Labute approximate surface area is 115 Å². The average molecular weight is 254 g/mol. The zero-order chi connectivity index (χ0) is 13.4. The number of nitrogens with zero attached hydrogens (tertiary/aromatic N) is 1. The Kier molecular flexibility index (Phi) is 3.19. The molecule has 1 aliphatic rings. The van der Waals surface area contributed by atoms with Crippen LogP contribution in [0, 0.1) is 6.92 Å². The van der Waals surface area contributed by atoms with Crippen molar-refractivity contribution in [2.24, 2.45) is 7.05 Å². The Morgan fingerprint density at radius 2 is 2.16 bits per heavy atom. The lowest BCUT2D eigenvalue weighted by atomic mass is 9.96. The predicted octanol–water partition coefficient (Wildman–Crippen LogP) is 3.43. The highest BCUT2D eigenvalue weighted by atomic mass is 14.9. The number of nitrogens with one attached hydrogen (secondary N) is 1. The van der Waals surface area contributed by atoms with E-state index in [1.807, 2.05) is 0 Å². The fourth-order valence-electron chi connectivity index (χ4n) is 3.26.